The molecule has 20 heavy (non-hydrogen) atoms. The highest BCUT2D eigenvalue weighted by molar-refractivity contribution is 6.03. The van der Waals surface area contributed by atoms with Crippen LogP contribution >= 0.6 is 0 Å². The van der Waals surface area contributed by atoms with Crippen LogP contribution in [0, 0.1) is 13.8 Å². The van der Waals surface area contributed by atoms with Crippen molar-refractivity contribution in [1.29, 1.82) is 0 Å². The van der Waals surface area contributed by atoms with Gasteiger partial charge < -0.3 is 14.5 Å². The molecule has 0 aliphatic heterocycles. The number of carbonyl (C=O) groups excluding carboxylic acids is 2. The number of aryl methyl sites for hydroxylation is 1. The van der Waals surface area contributed by atoms with Crippen LogP contribution in [0.4, 0.5) is 4.79 Å². The van der Waals surface area contributed by atoms with Gasteiger partial charge in [0.25, 0.3) is 0 Å². The van der Waals surface area contributed by atoms with Crippen molar-refractivity contribution in [1.82, 2.24) is 10.4 Å². The summed E-state index contributed by atoms with van der Waals surface area (Å²) in [7, 11) is 1.25. The van der Waals surface area contributed by atoms with Gasteiger partial charge in [-0.3, -0.25) is 0 Å². The van der Waals surface area contributed by atoms with Crippen molar-refractivity contribution in [2.75, 3.05) is 13.7 Å². The number of ether oxygens (including phenoxy) is 2. The summed E-state index contributed by atoms with van der Waals surface area (Å²) in [5, 5.41) is 3.89. The normalized spacial score (nSPS) is 11.2. The molecule has 0 unspecified atom stereocenters. The van der Waals surface area contributed by atoms with Gasteiger partial charge in [-0.2, -0.15) is 5.10 Å². The van der Waals surface area contributed by atoms with Gasteiger partial charge in [0.1, 0.15) is 0 Å². The number of aromatic amines is 1. The van der Waals surface area contributed by atoms with Crippen molar-refractivity contribution in [2.45, 2.75) is 27.7 Å². The van der Waals surface area contributed by atoms with Gasteiger partial charge in [0, 0.05) is 5.69 Å². The topological polar surface area (TPSA) is 92.8 Å². The number of carbonyl (C=O) groups is 2. The quantitative estimate of drug-likeness (QED) is 0.500. The molecular formula is C13H19N3O4. The van der Waals surface area contributed by atoms with E-state index >= 15 is 0 Å². The summed E-state index contributed by atoms with van der Waals surface area (Å²) in [6, 6.07) is 0. The first-order valence-electron chi connectivity index (χ1n) is 6.17. The molecule has 0 aliphatic rings. The summed E-state index contributed by atoms with van der Waals surface area (Å²) in [5.41, 5.74) is 5.36. The second-order valence-corrected chi connectivity index (χ2v) is 4.15. The van der Waals surface area contributed by atoms with Crippen LogP contribution in [-0.4, -0.2) is 36.5 Å². The maximum Gasteiger partial charge on any atom is 0.427 e. The SMILES string of the molecule is CCOC(=O)c1c(C)[nH]c(C(C)=NNC(=O)OC)c1C. The van der Waals surface area contributed by atoms with E-state index in [0.717, 1.165) is 5.56 Å². The molecule has 1 aromatic rings. The van der Waals surface area contributed by atoms with Gasteiger partial charge in [0.05, 0.1) is 30.7 Å². The van der Waals surface area contributed by atoms with Crippen LogP contribution in [0.25, 0.3) is 0 Å². The van der Waals surface area contributed by atoms with Crippen LogP contribution in [0.2, 0.25) is 0 Å². The van der Waals surface area contributed by atoms with Gasteiger partial charge in [-0.15, -0.1) is 0 Å². The van der Waals surface area contributed by atoms with Crippen molar-refractivity contribution in [3.8, 4) is 0 Å². The van der Waals surface area contributed by atoms with E-state index in [2.05, 4.69) is 20.2 Å². The molecule has 0 atom stereocenters. The Kier molecular flexibility index (Phi) is 5.31. The first-order chi connectivity index (χ1) is 9.42. The van der Waals surface area contributed by atoms with E-state index in [0.29, 0.717) is 29.3 Å². The second kappa shape index (κ2) is 6.74. The Morgan fingerprint density at radius 2 is 2.00 bits per heavy atom. The molecule has 7 heteroatoms. The molecule has 2 N–H and O–H groups in total. The number of aromatic nitrogens is 1. The molecule has 0 saturated carbocycles. The number of amides is 1. The number of hydrazone groups is 1. The number of nitrogens with one attached hydrogen (secondary N) is 2. The number of hydrogen-bond acceptors (Lipinski definition) is 5. The van der Waals surface area contributed by atoms with Crippen molar-refractivity contribution < 1.29 is 19.1 Å². The van der Waals surface area contributed by atoms with E-state index in [1.807, 2.05) is 0 Å². The largest absolute Gasteiger partial charge is 0.462 e. The van der Waals surface area contributed by atoms with Crippen LogP contribution < -0.4 is 5.43 Å². The zero-order chi connectivity index (χ0) is 15.3. The minimum absolute atomic E-state index is 0.315. The van der Waals surface area contributed by atoms with Crippen molar-refractivity contribution >= 4 is 17.8 Å². The van der Waals surface area contributed by atoms with Crippen molar-refractivity contribution in [3.05, 3.63) is 22.5 Å². The highest BCUT2D eigenvalue weighted by atomic mass is 16.5. The van der Waals surface area contributed by atoms with E-state index in [-0.39, 0.29) is 5.97 Å². The lowest BCUT2D eigenvalue weighted by atomic mass is 10.1. The second-order valence-electron chi connectivity index (χ2n) is 4.15. The van der Waals surface area contributed by atoms with Crippen LogP contribution in [0.5, 0.6) is 0 Å². The molecule has 0 aromatic carbocycles. The summed E-state index contributed by atoms with van der Waals surface area (Å²) in [4.78, 5) is 25.9. The van der Waals surface area contributed by atoms with E-state index in [4.69, 9.17) is 4.74 Å². The summed E-state index contributed by atoms with van der Waals surface area (Å²) >= 11 is 0. The monoisotopic (exact) mass is 281 g/mol. The average molecular weight is 281 g/mol. The predicted octanol–water partition coefficient (Wildman–Crippen LogP) is 1.89. The molecule has 1 amide bonds. The third-order valence-electron chi connectivity index (χ3n) is 2.78. The minimum Gasteiger partial charge on any atom is -0.462 e. The Balaban J connectivity index is 3.06. The molecule has 0 bridgehead atoms. The molecule has 1 rings (SSSR count). The first kappa shape index (κ1) is 15.7. The van der Waals surface area contributed by atoms with E-state index in [9.17, 15) is 9.59 Å². The molecule has 0 aliphatic carbocycles. The van der Waals surface area contributed by atoms with Gasteiger partial charge in [-0.25, -0.2) is 15.0 Å². The minimum atomic E-state index is -0.657. The van der Waals surface area contributed by atoms with Gasteiger partial charge in [-0.05, 0) is 33.3 Å². The fraction of sp³-hybridized carbons (Fsp3) is 0.462. The number of esters is 1. The molecule has 0 fully saturated rings. The fourth-order valence-corrected chi connectivity index (χ4v) is 1.85. The maximum absolute atomic E-state index is 11.9. The smallest absolute Gasteiger partial charge is 0.427 e. The van der Waals surface area contributed by atoms with Gasteiger partial charge in [0.15, 0.2) is 0 Å². The van der Waals surface area contributed by atoms with Crippen LogP contribution in [0.3, 0.4) is 0 Å². The van der Waals surface area contributed by atoms with Crippen LogP contribution in [0.15, 0.2) is 5.10 Å². The summed E-state index contributed by atoms with van der Waals surface area (Å²) in [6.07, 6.45) is -0.657. The standard InChI is InChI=1S/C13H19N3O4/c1-6-20-12(17)10-7(2)11(14-8(10)3)9(4)15-16-13(18)19-5/h14H,6H2,1-5H3,(H,16,18). The highest BCUT2D eigenvalue weighted by Crippen LogP contribution is 2.19. The van der Waals surface area contributed by atoms with Crippen LogP contribution in [0.1, 0.15) is 41.2 Å². The maximum atomic E-state index is 11.9. The predicted molar refractivity (Wildman–Crippen MR) is 74.0 cm³/mol. The first-order valence-corrected chi connectivity index (χ1v) is 6.17. The zero-order valence-electron chi connectivity index (χ0n) is 12.3. The lowest BCUT2D eigenvalue weighted by Gasteiger charge is -2.03. The highest BCUT2D eigenvalue weighted by Gasteiger charge is 2.20. The number of rotatable bonds is 4. The van der Waals surface area contributed by atoms with Gasteiger partial charge in [-0.1, -0.05) is 0 Å². The van der Waals surface area contributed by atoms with Crippen molar-refractivity contribution in [3.63, 3.8) is 0 Å². The molecule has 1 aromatic heterocycles. The molecule has 110 valence electrons. The molecule has 0 radical (unpaired) electrons. The lowest BCUT2D eigenvalue weighted by Crippen LogP contribution is -2.19. The zero-order valence-corrected chi connectivity index (χ0v) is 12.3. The van der Waals surface area contributed by atoms with Crippen molar-refractivity contribution in [2.24, 2.45) is 5.10 Å². The molecule has 0 spiro atoms. The van der Waals surface area contributed by atoms with E-state index in [1.54, 1.807) is 27.7 Å². The summed E-state index contributed by atoms with van der Waals surface area (Å²) in [5.74, 6) is -0.376. The molecule has 1 heterocycles. The summed E-state index contributed by atoms with van der Waals surface area (Å²) < 4.78 is 9.43. The number of hydrogen-bond donors (Lipinski definition) is 2. The number of nitrogens with zero attached hydrogens (tertiary/aromatic N) is 1. The Labute approximate surface area is 117 Å². The molecule has 0 saturated heterocycles. The Morgan fingerprint density at radius 3 is 2.55 bits per heavy atom. The third kappa shape index (κ3) is 3.37. The van der Waals surface area contributed by atoms with Crippen LogP contribution in [-0.2, 0) is 9.47 Å². The summed E-state index contributed by atoms with van der Waals surface area (Å²) in [6.45, 7) is 7.35. The van der Waals surface area contributed by atoms with Gasteiger partial charge >= 0.3 is 12.1 Å². The molecule has 7 nitrogen and oxygen atoms in total. The fourth-order valence-electron chi connectivity index (χ4n) is 1.85. The van der Waals surface area contributed by atoms with E-state index < -0.39 is 6.09 Å². The molecular weight excluding hydrogens is 262 g/mol. The van der Waals surface area contributed by atoms with E-state index in [1.165, 1.54) is 7.11 Å². The Hall–Kier alpha value is -2.31. The number of methoxy groups -OCH3 is 1. The third-order valence-corrected chi connectivity index (χ3v) is 2.78. The lowest BCUT2D eigenvalue weighted by molar-refractivity contribution is 0.0525. The Morgan fingerprint density at radius 1 is 1.35 bits per heavy atom. The average Bonchev–Trinajstić information content (AvgIpc) is 2.71. The Bertz CT molecular complexity index is 546. The number of H-pyrrole nitrogens is 1. The van der Waals surface area contributed by atoms with Gasteiger partial charge in [0.2, 0.25) is 0 Å².